The summed E-state index contributed by atoms with van der Waals surface area (Å²) in [6.07, 6.45) is 0.821. The first-order valence-electron chi connectivity index (χ1n) is 6.45. The Kier molecular flexibility index (Phi) is 4.96. The lowest BCUT2D eigenvalue weighted by Crippen LogP contribution is -2.33. The molecular weight excluding hydrogens is 408 g/mol. The number of sulfonamides is 1. The van der Waals surface area contributed by atoms with Gasteiger partial charge in [-0.1, -0.05) is 15.9 Å². The van der Waals surface area contributed by atoms with Crippen molar-refractivity contribution in [3.05, 3.63) is 26.6 Å². The summed E-state index contributed by atoms with van der Waals surface area (Å²) >= 11 is 6.75. The van der Waals surface area contributed by atoms with Crippen LogP contribution in [0.1, 0.15) is 18.9 Å². The Morgan fingerprint density at radius 3 is 2.55 bits per heavy atom. The van der Waals surface area contributed by atoms with E-state index in [1.807, 2.05) is 19.9 Å². The number of hydrogen-bond donors (Lipinski definition) is 1. The van der Waals surface area contributed by atoms with Gasteiger partial charge in [-0.3, -0.25) is 0 Å². The molecule has 1 aliphatic heterocycles. The molecule has 0 amide bonds. The highest BCUT2D eigenvalue weighted by atomic mass is 79.9. The fraction of sp³-hybridized carbons (Fsp3) is 0.538. The highest BCUT2D eigenvalue weighted by Crippen LogP contribution is 2.33. The average molecular weight is 426 g/mol. The topological polar surface area (TPSA) is 63.4 Å². The number of nitrogens with zero attached hydrogens (tertiary/aromatic N) is 1. The Bertz CT molecular complexity index is 617. The van der Waals surface area contributed by atoms with Crippen molar-refractivity contribution in [2.24, 2.45) is 11.7 Å². The largest absolute Gasteiger partial charge is 0.328 e. The van der Waals surface area contributed by atoms with E-state index in [1.54, 1.807) is 6.07 Å². The van der Waals surface area contributed by atoms with Gasteiger partial charge >= 0.3 is 0 Å². The van der Waals surface area contributed by atoms with Crippen LogP contribution in [0, 0.1) is 12.8 Å². The fourth-order valence-corrected chi connectivity index (χ4v) is 5.52. The number of nitrogens with two attached hydrogens (primary N) is 1. The Balaban J connectivity index is 2.35. The summed E-state index contributed by atoms with van der Waals surface area (Å²) in [5, 5.41) is 0. The molecule has 0 saturated carbocycles. The first kappa shape index (κ1) is 16.4. The van der Waals surface area contributed by atoms with Crippen LogP contribution in [-0.4, -0.2) is 31.9 Å². The first-order valence-corrected chi connectivity index (χ1v) is 9.47. The third-order valence-corrected chi connectivity index (χ3v) is 7.44. The average Bonchev–Trinajstić information content (AvgIpc) is 2.83. The molecule has 20 heavy (non-hydrogen) atoms. The summed E-state index contributed by atoms with van der Waals surface area (Å²) in [5.41, 5.74) is 6.87. The normalized spacial score (nSPS) is 22.1. The van der Waals surface area contributed by atoms with Crippen molar-refractivity contribution in [2.45, 2.75) is 31.2 Å². The maximum absolute atomic E-state index is 12.7. The van der Waals surface area contributed by atoms with Crippen LogP contribution in [0.4, 0.5) is 0 Å². The summed E-state index contributed by atoms with van der Waals surface area (Å²) in [5.74, 6) is 0.234. The lowest BCUT2D eigenvalue weighted by Gasteiger charge is -2.19. The van der Waals surface area contributed by atoms with Crippen LogP contribution in [0.3, 0.4) is 0 Å². The molecule has 0 radical (unpaired) electrons. The van der Waals surface area contributed by atoms with E-state index in [2.05, 4.69) is 31.9 Å². The van der Waals surface area contributed by atoms with Gasteiger partial charge in [0, 0.05) is 28.1 Å². The summed E-state index contributed by atoms with van der Waals surface area (Å²) in [7, 11) is -3.47. The van der Waals surface area contributed by atoms with Gasteiger partial charge in [0.2, 0.25) is 10.0 Å². The van der Waals surface area contributed by atoms with Gasteiger partial charge < -0.3 is 5.73 Å². The van der Waals surface area contributed by atoms with Crippen LogP contribution in [0.25, 0.3) is 0 Å². The third-order valence-electron chi connectivity index (χ3n) is 3.76. The Labute approximate surface area is 137 Å². The molecule has 4 nitrogen and oxygen atoms in total. The minimum Gasteiger partial charge on any atom is -0.328 e. The van der Waals surface area contributed by atoms with Crippen molar-refractivity contribution in [1.82, 2.24) is 4.31 Å². The zero-order valence-corrected chi connectivity index (χ0v) is 15.4. The second kappa shape index (κ2) is 6.04. The Morgan fingerprint density at radius 1 is 1.35 bits per heavy atom. The second-order valence-electron chi connectivity index (χ2n) is 5.30. The SMILES string of the molecule is Cc1cc(Br)c(S(=O)(=O)N2CCC(C(C)N)C2)cc1Br. The number of hydrogen-bond acceptors (Lipinski definition) is 3. The van der Waals surface area contributed by atoms with Gasteiger partial charge in [-0.25, -0.2) is 8.42 Å². The maximum atomic E-state index is 12.7. The van der Waals surface area contributed by atoms with Gasteiger partial charge in [-0.15, -0.1) is 0 Å². The molecule has 0 aliphatic carbocycles. The van der Waals surface area contributed by atoms with Crippen LogP contribution in [0.2, 0.25) is 0 Å². The van der Waals surface area contributed by atoms with Crippen LogP contribution >= 0.6 is 31.9 Å². The molecule has 2 unspecified atom stereocenters. The van der Waals surface area contributed by atoms with Crippen molar-refractivity contribution in [2.75, 3.05) is 13.1 Å². The van der Waals surface area contributed by atoms with Crippen molar-refractivity contribution >= 4 is 41.9 Å². The lowest BCUT2D eigenvalue weighted by molar-refractivity contribution is 0.429. The molecule has 1 aromatic rings. The Morgan fingerprint density at radius 2 is 2.00 bits per heavy atom. The minimum absolute atomic E-state index is 0.0170. The molecular formula is C13H18Br2N2O2S. The molecule has 1 fully saturated rings. The molecule has 1 heterocycles. The van der Waals surface area contributed by atoms with Gasteiger partial charge in [-0.2, -0.15) is 4.31 Å². The van der Waals surface area contributed by atoms with E-state index in [0.717, 1.165) is 16.5 Å². The molecule has 1 aromatic carbocycles. The third kappa shape index (κ3) is 3.11. The van der Waals surface area contributed by atoms with E-state index in [9.17, 15) is 8.42 Å². The quantitative estimate of drug-likeness (QED) is 0.809. The number of rotatable bonds is 3. The molecule has 0 spiro atoms. The molecule has 2 atom stereocenters. The zero-order chi connectivity index (χ0) is 15.1. The van der Waals surface area contributed by atoms with Gasteiger partial charge in [0.15, 0.2) is 0 Å². The lowest BCUT2D eigenvalue weighted by atomic mass is 10.0. The summed E-state index contributed by atoms with van der Waals surface area (Å²) in [6, 6.07) is 3.49. The summed E-state index contributed by atoms with van der Waals surface area (Å²) in [4.78, 5) is 0.306. The molecule has 2 N–H and O–H groups in total. The van der Waals surface area contributed by atoms with Gasteiger partial charge in [0.05, 0.1) is 4.90 Å². The second-order valence-corrected chi connectivity index (χ2v) is 8.92. The van der Waals surface area contributed by atoms with E-state index in [0.29, 0.717) is 22.5 Å². The van der Waals surface area contributed by atoms with Crippen LogP contribution in [-0.2, 0) is 10.0 Å². The fourth-order valence-electron chi connectivity index (χ4n) is 2.37. The van der Waals surface area contributed by atoms with E-state index < -0.39 is 10.0 Å². The molecule has 112 valence electrons. The molecule has 0 bridgehead atoms. The zero-order valence-electron chi connectivity index (χ0n) is 11.4. The summed E-state index contributed by atoms with van der Waals surface area (Å²) < 4.78 is 28.4. The summed E-state index contributed by atoms with van der Waals surface area (Å²) in [6.45, 7) is 4.89. The molecule has 1 aliphatic rings. The predicted molar refractivity (Wildman–Crippen MR) is 87.1 cm³/mol. The minimum atomic E-state index is -3.47. The van der Waals surface area contributed by atoms with Crippen LogP contribution in [0.15, 0.2) is 26.0 Å². The number of halogens is 2. The highest BCUT2D eigenvalue weighted by Gasteiger charge is 2.35. The van der Waals surface area contributed by atoms with Crippen molar-refractivity contribution in [3.8, 4) is 0 Å². The van der Waals surface area contributed by atoms with Crippen LogP contribution < -0.4 is 5.73 Å². The monoisotopic (exact) mass is 424 g/mol. The standard InChI is InChI=1S/C13H18Br2N2O2S/c1-8-5-12(15)13(6-11(8)14)20(18,19)17-4-3-10(7-17)9(2)16/h5-6,9-10H,3-4,7,16H2,1-2H3. The van der Waals surface area contributed by atoms with Crippen molar-refractivity contribution in [1.29, 1.82) is 0 Å². The number of aryl methyl sites for hydroxylation is 1. The van der Waals surface area contributed by atoms with Gasteiger partial charge in [0.25, 0.3) is 0 Å². The van der Waals surface area contributed by atoms with Crippen LogP contribution in [0.5, 0.6) is 0 Å². The van der Waals surface area contributed by atoms with Gasteiger partial charge in [0.1, 0.15) is 0 Å². The predicted octanol–water partition coefficient (Wildman–Crippen LogP) is 2.88. The van der Waals surface area contributed by atoms with Gasteiger partial charge in [-0.05, 0) is 59.8 Å². The van der Waals surface area contributed by atoms with Crippen molar-refractivity contribution in [3.63, 3.8) is 0 Å². The maximum Gasteiger partial charge on any atom is 0.244 e. The van der Waals surface area contributed by atoms with E-state index in [4.69, 9.17) is 5.73 Å². The molecule has 7 heteroatoms. The Hall–Kier alpha value is 0.0500. The number of benzene rings is 1. The highest BCUT2D eigenvalue weighted by molar-refractivity contribution is 9.11. The van der Waals surface area contributed by atoms with E-state index in [1.165, 1.54) is 4.31 Å². The van der Waals surface area contributed by atoms with E-state index >= 15 is 0 Å². The van der Waals surface area contributed by atoms with E-state index in [-0.39, 0.29) is 12.0 Å². The first-order chi connectivity index (χ1) is 9.23. The smallest absolute Gasteiger partial charge is 0.244 e. The molecule has 1 saturated heterocycles. The van der Waals surface area contributed by atoms with Crippen molar-refractivity contribution < 1.29 is 8.42 Å². The molecule has 2 rings (SSSR count). The molecule has 0 aromatic heterocycles.